The number of hydrogen-bond donors (Lipinski definition) is 2. The number of carbonyl (C=O) groups excluding carboxylic acids is 2. The summed E-state index contributed by atoms with van der Waals surface area (Å²) in [5.41, 5.74) is -0.255. The summed E-state index contributed by atoms with van der Waals surface area (Å²) >= 11 is 0. The van der Waals surface area contributed by atoms with Gasteiger partial charge in [0, 0.05) is 25.4 Å². The minimum atomic E-state index is -0.462. The molecule has 1 aromatic carbocycles. The molecule has 0 atom stereocenters. The zero-order chi connectivity index (χ0) is 20.0. The van der Waals surface area contributed by atoms with Crippen LogP contribution in [0.2, 0.25) is 0 Å². The predicted molar refractivity (Wildman–Crippen MR) is 103 cm³/mol. The first kappa shape index (κ1) is 18.1. The maximum Gasteiger partial charge on any atom is 0.321 e. The second-order valence-electron chi connectivity index (χ2n) is 8.22. The number of benzene rings is 1. The smallest absolute Gasteiger partial charge is 0.321 e. The van der Waals surface area contributed by atoms with Gasteiger partial charge in [-0.05, 0) is 37.8 Å². The molecule has 0 radical (unpaired) electrons. The quantitative estimate of drug-likeness (QED) is 0.810. The van der Waals surface area contributed by atoms with Crippen molar-refractivity contribution in [3.63, 3.8) is 0 Å². The molecule has 8 nitrogen and oxygen atoms in total. The van der Waals surface area contributed by atoms with Crippen LogP contribution < -0.4 is 10.6 Å². The molecule has 2 N–H and O–H groups in total. The first-order chi connectivity index (χ1) is 14.0. The minimum absolute atomic E-state index is 0.0692. The lowest BCUT2D eigenvalue weighted by Gasteiger charge is -2.41. The third-order valence-corrected chi connectivity index (χ3v) is 6.02. The normalized spacial score (nSPS) is 20.7. The summed E-state index contributed by atoms with van der Waals surface area (Å²) in [4.78, 5) is 31.4. The second kappa shape index (κ2) is 6.82. The molecular formula is C20H23FN6O2. The number of nitrogens with one attached hydrogen (secondary N) is 2. The van der Waals surface area contributed by atoms with E-state index < -0.39 is 11.4 Å². The number of rotatable bonds is 2. The summed E-state index contributed by atoms with van der Waals surface area (Å²) in [5, 5.41) is 10.3. The monoisotopic (exact) mass is 398 g/mol. The van der Waals surface area contributed by atoms with Crippen molar-refractivity contribution in [3.8, 4) is 0 Å². The Balaban J connectivity index is 1.27. The molecule has 1 aliphatic carbocycles. The van der Waals surface area contributed by atoms with Crippen LogP contribution in [0.5, 0.6) is 0 Å². The van der Waals surface area contributed by atoms with Crippen molar-refractivity contribution >= 4 is 17.6 Å². The number of halogens is 1. The first-order valence-corrected chi connectivity index (χ1v) is 10.1. The lowest BCUT2D eigenvalue weighted by atomic mass is 9.84. The standard InChI is InChI=1S/C20H23FN6O2/c21-14-3-1-2-4-15(14)22-19(29)26-9-7-20(8-10-26)11-16-23-18(13-5-6-13)25-27(16)12-17(28)24-20/h1-4,13H,5-12H2,(H,22,29)(H,24,28). The van der Waals surface area contributed by atoms with E-state index in [1.165, 1.54) is 12.1 Å². The number of urea groups is 1. The highest BCUT2D eigenvalue weighted by atomic mass is 19.1. The molecule has 29 heavy (non-hydrogen) atoms. The molecule has 2 aliphatic heterocycles. The molecule has 9 heteroatoms. The van der Waals surface area contributed by atoms with E-state index in [0.29, 0.717) is 38.3 Å². The fourth-order valence-electron chi connectivity index (χ4n) is 4.18. The zero-order valence-electron chi connectivity index (χ0n) is 16.0. The number of nitrogens with zero attached hydrogens (tertiary/aromatic N) is 4. The number of amides is 3. The lowest BCUT2D eigenvalue weighted by Crippen LogP contribution is -2.57. The molecule has 1 aromatic heterocycles. The van der Waals surface area contributed by atoms with Gasteiger partial charge in [-0.2, -0.15) is 5.10 Å². The van der Waals surface area contributed by atoms with E-state index in [9.17, 15) is 14.0 Å². The average Bonchev–Trinajstić information content (AvgIpc) is 3.49. The number of anilines is 1. The zero-order valence-corrected chi connectivity index (χ0v) is 16.0. The van der Waals surface area contributed by atoms with Gasteiger partial charge in [0.2, 0.25) is 5.91 Å². The number of fused-ring (bicyclic) bond motifs is 1. The fraction of sp³-hybridized carbons (Fsp3) is 0.500. The molecule has 0 bridgehead atoms. The van der Waals surface area contributed by atoms with Gasteiger partial charge < -0.3 is 15.5 Å². The van der Waals surface area contributed by atoms with Gasteiger partial charge in [0.05, 0.1) is 11.2 Å². The molecule has 3 aliphatic rings. The Hall–Kier alpha value is -2.97. The Bertz CT molecular complexity index is 962. The molecule has 1 spiro atoms. The number of para-hydroxylation sites is 1. The van der Waals surface area contributed by atoms with Gasteiger partial charge in [0.15, 0.2) is 5.82 Å². The van der Waals surface area contributed by atoms with Crippen LogP contribution in [0.1, 0.15) is 43.3 Å². The summed E-state index contributed by atoms with van der Waals surface area (Å²) in [7, 11) is 0. The highest BCUT2D eigenvalue weighted by Crippen LogP contribution is 2.39. The Kier molecular flexibility index (Phi) is 4.25. The van der Waals surface area contributed by atoms with Crippen LogP contribution in [0.15, 0.2) is 24.3 Å². The fourth-order valence-corrected chi connectivity index (χ4v) is 4.18. The van der Waals surface area contributed by atoms with E-state index in [0.717, 1.165) is 24.5 Å². The molecule has 2 aromatic rings. The highest BCUT2D eigenvalue weighted by Gasteiger charge is 2.41. The third-order valence-electron chi connectivity index (χ3n) is 6.02. The van der Waals surface area contributed by atoms with E-state index in [-0.39, 0.29) is 24.2 Å². The largest absolute Gasteiger partial charge is 0.348 e. The number of hydrogen-bond acceptors (Lipinski definition) is 4. The van der Waals surface area contributed by atoms with Crippen molar-refractivity contribution in [2.45, 2.75) is 50.1 Å². The van der Waals surface area contributed by atoms with Crippen LogP contribution in [-0.2, 0) is 17.8 Å². The summed E-state index contributed by atoms with van der Waals surface area (Å²) < 4.78 is 15.5. The Labute approximate surface area is 167 Å². The Morgan fingerprint density at radius 1 is 1.24 bits per heavy atom. The summed E-state index contributed by atoms with van der Waals surface area (Å²) in [6, 6.07) is 5.78. The lowest BCUT2D eigenvalue weighted by molar-refractivity contribution is -0.123. The second-order valence-corrected chi connectivity index (χ2v) is 8.22. The van der Waals surface area contributed by atoms with Crippen molar-refractivity contribution in [1.82, 2.24) is 25.0 Å². The van der Waals surface area contributed by atoms with Crippen molar-refractivity contribution in [3.05, 3.63) is 41.7 Å². The van der Waals surface area contributed by atoms with Crippen LogP contribution in [0.25, 0.3) is 0 Å². The number of carbonyl (C=O) groups is 2. The van der Waals surface area contributed by atoms with Crippen LogP contribution in [-0.4, -0.2) is 50.2 Å². The van der Waals surface area contributed by atoms with E-state index in [1.807, 2.05) is 0 Å². The van der Waals surface area contributed by atoms with Gasteiger partial charge in [-0.15, -0.1) is 0 Å². The molecule has 3 heterocycles. The number of likely N-dealkylation sites (tertiary alicyclic amines) is 1. The van der Waals surface area contributed by atoms with Gasteiger partial charge in [-0.3, -0.25) is 4.79 Å². The molecule has 5 rings (SSSR count). The minimum Gasteiger partial charge on any atom is -0.348 e. The Morgan fingerprint density at radius 3 is 2.72 bits per heavy atom. The third kappa shape index (κ3) is 3.56. The molecule has 0 unspecified atom stereocenters. The van der Waals surface area contributed by atoms with E-state index in [1.54, 1.807) is 21.7 Å². The summed E-state index contributed by atoms with van der Waals surface area (Å²) in [6.45, 7) is 1.14. The molecular weight excluding hydrogens is 375 g/mol. The molecule has 2 fully saturated rings. The van der Waals surface area contributed by atoms with Gasteiger partial charge in [-0.25, -0.2) is 18.9 Å². The van der Waals surface area contributed by atoms with Gasteiger partial charge >= 0.3 is 6.03 Å². The maximum atomic E-state index is 13.8. The number of piperidine rings is 1. The van der Waals surface area contributed by atoms with Gasteiger partial charge in [0.1, 0.15) is 18.2 Å². The molecule has 3 amide bonds. The number of aromatic nitrogens is 3. The van der Waals surface area contributed by atoms with Crippen LogP contribution in [0.3, 0.4) is 0 Å². The highest BCUT2D eigenvalue weighted by molar-refractivity contribution is 5.89. The van der Waals surface area contributed by atoms with Gasteiger partial charge in [0.25, 0.3) is 0 Å². The van der Waals surface area contributed by atoms with Crippen LogP contribution >= 0.6 is 0 Å². The molecule has 1 saturated carbocycles. The van der Waals surface area contributed by atoms with E-state index >= 15 is 0 Å². The predicted octanol–water partition coefficient (Wildman–Crippen LogP) is 2.03. The topological polar surface area (TPSA) is 92.2 Å². The molecule has 152 valence electrons. The van der Waals surface area contributed by atoms with Crippen LogP contribution in [0.4, 0.5) is 14.9 Å². The maximum absolute atomic E-state index is 13.8. The summed E-state index contributed by atoms with van der Waals surface area (Å²) in [5.74, 6) is 1.61. The average molecular weight is 398 g/mol. The molecule has 1 saturated heterocycles. The van der Waals surface area contributed by atoms with Crippen LogP contribution in [0, 0.1) is 5.82 Å². The van der Waals surface area contributed by atoms with Gasteiger partial charge in [-0.1, -0.05) is 12.1 Å². The SMILES string of the molecule is O=C1Cn2nc(C3CC3)nc2CC2(CCN(C(=O)Nc3ccccc3F)CC2)N1. The van der Waals surface area contributed by atoms with E-state index in [2.05, 4.69) is 15.7 Å². The summed E-state index contributed by atoms with van der Waals surface area (Å²) in [6.07, 6.45) is 4.09. The Morgan fingerprint density at radius 2 is 2.00 bits per heavy atom. The van der Waals surface area contributed by atoms with E-state index in [4.69, 9.17) is 4.98 Å². The van der Waals surface area contributed by atoms with Crippen molar-refractivity contribution in [1.29, 1.82) is 0 Å². The first-order valence-electron chi connectivity index (χ1n) is 10.1. The van der Waals surface area contributed by atoms with Crippen molar-refractivity contribution in [2.24, 2.45) is 0 Å². The van der Waals surface area contributed by atoms with Crippen molar-refractivity contribution in [2.75, 3.05) is 18.4 Å². The van der Waals surface area contributed by atoms with Crippen molar-refractivity contribution < 1.29 is 14.0 Å².